The molecule has 3 rings (SSSR count). The summed E-state index contributed by atoms with van der Waals surface area (Å²) in [4.78, 5) is 14.5. The molecule has 1 aliphatic heterocycles. The van der Waals surface area contributed by atoms with Gasteiger partial charge < -0.3 is 5.32 Å². The Kier molecular flexibility index (Phi) is 4.76. The zero-order valence-corrected chi connectivity index (χ0v) is 13.8. The number of likely N-dealkylation sites (tertiary alicyclic amines) is 1. The van der Waals surface area contributed by atoms with E-state index in [4.69, 9.17) is 0 Å². The smallest absolute Gasteiger partial charge is 0.238 e. The number of carbonyl (C=O) groups is 1. The van der Waals surface area contributed by atoms with Gasteiger partial charge in [-0.05, 0) is 42.6 Å². The lowest BCUT2D eigenvalue weighted by atomic mass is 10.0. The summed E-state index contributed by atoms with van der Waals surface area (Å²) in [7, 11) is 1.94. The van der Waals surface area contributed by atoms with Crippen LogP contribution in [-0.2, 0) is 18.3 Å². The minimum absolute atomic E-state index is 0.0603. The molecule has 1 N–H and O–H groups in total. The average molecular weight is 312 g/mol. The Morgan fingerprint density at radius 1 is 1.43 bits per heavy atom. The molecule has 1 amide bonds. The van der Waals surface area contributed by atoms with E-state index in [2.05, 4.69) is 34.5 Å². The summed E-state index contributed by atoms with van der Waals surface area (Å²) in [5.74, 6) is 0.546. The van der Waals surface area contributed by atoms with Crippen LogP contribution in [0.25, 0.3) is 0 Å². The molecule has 1 atom stereocenters. The summed E-state index contributed by atoms with van der Waals surface area (Å²) in [5.41, 5.74) is 3.39. The van der Waals surface area contributed by atoms with Crippen molar-refractivity contribution in [3.05, 3.63) is 47.8 Å². The lowest BCUT2D eigenvalue weighted by molar-refractivity contribution is -0.117. The van der Waals surface area contributed by atoms with Crippen molar-refractivity contribution in [3.63, 3.8) is 0 Å². The van der Waals surface area contributed by atoms with E-state index < -0.39 is 0 Å². The number of anilines is 1. The van der Waals surface area contributed by atoms with Crippen molar-refractivity contribution in [3.8, 4) is 0 Å². The summed E-state index contributed by atoms with van der Waals surface area (Å²) in [6.45, 7) is 4.45. The summed E-state index contributed by atoms with van der Waals surface area (Å²) < 4.78 is 1.84. The molecule has 0 radical (unpaired) electrons. The van der Waals surface area contributed by atoms with Gasteiger partial charge in [0.1, 0.15) is 0 Å². The Balaban J connectivity index is 1.52. The van der Waals surface area contributed by atoms with Crippen LogP contribution in [0, 0.1) is 0 Å². The number of hydrogen-bond acceptors (Lipinski definition) is 3. The second-order valence-electron chi connectivity index (χ2n) is 6.27. The third-order valence-corrected chi connectivity index (χ3v) is 4.45. The van der Waals surface area contributed by atoms with Gasteiger partial charge in [-0.2, -0.15) is 5.10 Å². The third kappa shape index (κ3) is 3.99. The standard InChI is InChI=1S/C18H24N4O/c1-3-14-5-4-6-17(9-14)20-18(23)13-22-8-7-15(12-22)16-10-19-21(2)11-16/h4-6,9-11,15H,3,7-8,12-13H2,1-2H3,(H,20,23). The quantitative estimate of drug-likeness (QED) is 0.922. The number of nitrogens with one attached hydrogen (secondary N) is 1. The van der Waals surface area contributed by atoms with E-state index >= 15 is 0 Å². The molecule has 122 valence electrons. The molecule has 1 saturated heterocycles. The zero-order valence-electron chi connectivity index (χ0n) is 13.8. The second-order valence-corrected chi connectivity index (χ2v) is 6.27. The van der Waals surface area contributed by atoms with Crippen LogP contribution in [0.3, 0.4) is 0 Å². The van der Waals surface area contributed by atoms with E-state index in [0.717, 1.165) is 31.6 Å². The molecular weight excluding hydrogens is 288 g/mol. The highest BCUT2D eigenvalue weighted by Gasteiger charge is 2.26. The van der Waals surface area contributed by atoms with E-state index in [1.54, 1.807) is 0 Å². The summed E-state index contributed by atoms with van der Waals surface area (Å²) in [6, 6.07) is 8.05. The van der Waals surface area contributed by atoms with Crippen molar-refractivity contribution in [2.75, 3.05) is 25.0 Å². The molecule has 0 spiro atoms. The van der Waals surface area contributed by atoms with Gasteiger partial charge in [0, 0.05) is 31.4 Å². The fourth-order valence-corrected chi connectivity index (χ4v) is 3.17. The molecule has 2 heterocycles. The Morgan fingerprint density at radius 2 is 2.30 bits per heavy atom. The van der Waals surface area contributed by atoms with E-state index in [1.165, 1.54) is 11.1 Å². The highest BCUT2D eigenvalue weighted by atomic mass is 16.2. The molecule has 2 aromatic rings. The van der Waals surface area contributed by atoms with E-state index in [0.29, 0.717) is 12.5 Å². The van der Waals surface area contributed by atoms with E-state index in [1.807, 2.05) is 36.1 Å². The molecule has 5 nitrogen and oxygen atoms in total. The van der Waals surface area contributed by atoms with Crippen LogP contribution >= 0.6 is 0 Å². The number of nitrogens with zero attached hydrogens (tertiary/aromatic N) is 3. The van der Waals surface area contributed by atoms with Crippen LogP contribution in [0.15, 0.2) is 36.7 Å². The fourth-order valence-electron chi connectivity index (χ4n) is 3.17. The number of amides is 1. The lowest BCUT2D eigenvalue weighted by Crippen LogP contribution is -2.31. The van der Waals surface area contributed by atoms with Gasteiger partial charge in [0.25, 0.3) is 0 Å². The molecular formula is C18H24N4O. The minimum Gasteiger partial charge on any atom is -0.325 e. The Bertz CT molecular complexity index is 679. The fraction of sp³-hybridized carbons (Fsp3) is 0.444. The van der Waals surface area contributed by atoms with Gasteiger partial charge in [-0.15, -0.1) is 0 Å². The number of hydrogen-bond donors (Lipinski definition) is 1. The molecule has 1 aromatic carbocycles. The first-order valence-corrected chi connectivity index (χ1v) is 8.23. The number of benzene rings is 1. The summed E-state index contributed by atoms with van der Waals surface area (Å²) in [5, 5.41) is 7.24. The largest absolute Gasteiger partial charge is 0.325 e. The van der Waals surface area contributed by atoms with Gasteiger partial charge in [0.05, 0.1) is 12.7 Å². The SMILES string of the molecule is CCc1cccc(NC(=O)CN2CCC(c3cnn(C)c3)C2)c1. The average Bonchev–Trinajstić information content (AvgIpc) is 3.16. The topological polar surface area (TPSA) is 50.2 Å². The van der Waals surface area contributed by atoms with Crippen molar-refractivity contribution < 1.29 is 4.79 Å². The van der Waals surface area contributed by atoms with Crippen LogP contribution in [0.1, 0.15) is 30.4 Å². The maximum Gasteiger partial charge on any atom is 0.238 e. The Hall–Kier alpha value is -2.14. The lowest BCUT2D eigenvalue weighted by Gasteiger charge is -2.15. The predicted molar refractivity (Wildman–Crippen MR) is 91.5 cm³/mol. The highest BCUT2D eigenvalue weighted by Crippen LogP contribution is 2.26. The molecule has 1 aliphatic rings. The predicted octanol–water partition coefficient (Wildman–Crippen LogP) is 2.41. The van der Waals surface area contributed by atoms with Gasteiger partial charge >= 0.3 is 0 Å². The summed E-state index contributed by atoms with van der Waals surface area (Å²) in [6.07, 6.45) is 6.07. The molecule has 1 unspecified atom stereocenters. The van der Waals surface area contributed by atoms with Crippen molar-refractivity contribution in [1.82, 2.24) is 14.7 Å². The van der Waals surface area contributed by atoms with E-state index in [-0.39, 0.29) is 5.91 Å². The van der Waals surface area contributed by atoms with Crippen molar-refractivity contribution >= 4 is 11.6 Å². The first kappa shape index (κ1) is 15.7. The number of aromatic nitrogens is 2. The second kappa shape index (κ2) is 6.96. The van der Waals surface area contributed by atoms with Crippen LogP contribution in [0.2, 0.25) is 0 Å². The van der Waals surface area contributed by atoms with Crippen LogP contribution in [-0.4, -0.2) is 40.2 Å². The molecule has 1 fully saturated rings. The molecule has 23 heavy (non-hydrogen) atoms. The van der Waals surface area contributed by atoms with Crippen molar-refractivity contribution in [2.24, 2.45) is 7.05 Å². The molecule has 5 heteroatoms. The number of aryl methyl sites for hydroxylation is 2. The summed E-state index contributed by atoms with van der Waals surface area (Å²) >= 11 is 0. The van der Waals surface area contributed by atoms with Crippen LogP contribution < -0.4 is 5.32 Å². The Morgan fingerprint density at radius 3 is 3.04 bits per heavy atom. The first-order chi connectivity index (χ1) is 11.1. The van der Waals surface area contributed by atoms with E-state index in [9.17, 15) is 4.79 Å². The zero-order chi connectivity index (χ0) is 16.2. The normalized spacial score (nSPS) is 18.3. The molecule has 1 aromatic heterocycles. The van der Waals surface area contributed by atoms with Gasteiger partial charge in [-0.1, -0.05) is 19.1 Å². The van der Waals surface area contributed by atoms with Crippen LogP contribution in [0.4, 0.5) is 5.69 Å². The molecule has 0 aliphatic carbocycles. The van der Waals surface area contributed by atoms with Gasteiger partial charge in [-0.25, -0.2) is 0 Å². The number of rotatable bonds is 5. The maximum absolute atomic E-state index is 12.2. The third-order valence-electron chi connectivity index (χ3n) is 4.45. The molecule has 0 saturated carbocycles. The Labute approximate surface area is 137 Å². The highest BCUT2D eigenvalue weighted by molar-refractivity contribution is 5.92. The van der Waals surface area contributed by atoms with Crippen molar-refractivity contribution in [1.29, 1.82) is 0 Å². The van der Waals surface area contributed by atoms with Gasteiger partial charge in [0.15, 0.2) is 0 Å². The monoisotopic (exact) mass is 312 g/mol. The molecule has 0 bridgehead atoms. The van der Waals surface area contributed by atoms with Gasteiger partial charge in [0.2, 0.25) is 5.91 Å². The van der Waals surface area contributed by atoms with Crippen LogP contribution in [0.5, 0.6) is 0 Å². The van der Waals surface area contributed by atoms with Gasteiger partial charge in [-0.3, -0.25) is 14.4 Å². The maximum atomic E-state index is 12.2. The van der Waals surface area contributed by atoms with Crippen molar-refractivity contribution in [2.45, 2.75) is 25.7 Å². The minimum atomic E-state index is 0.0603. The first-order valence-electron chi connectivity index (χ1n) is 8.23. The number of carbonyl (C=O) groups excluding carboxylic acids is 1.